The number of fused-ring (bicyclic) bond motifs is 1. The number of nitrogen functional groups attached to an aromatic ring is 1. The Labute approximate surface area is 168 Å². The molecule has 29 heavy (non-hydrogen) atoms. The molecule has 1 heterocycles. The molecule has 8 nitrogen and oxygen atoms in total. The summed E-state index contributed by atoms with van der Waals surface area (Å²) in [6, 6.07) is 12.9. The highest BCUT2D eigenvalue weighted by atomic mass is 16.5. The molecule has 2 aromatic carbocycles. The molecule has 1 aliphatic rings. The van der Waals surface area contributed by atoms with Crippen LogP contribution in [-0.2, 0) is 25.5 Å². The Hall–Kier alpha value is -3.55. The summed E-state index contributed by atoms with van der Waals surface area (Å²) in [5, 5.41) is 5.25. The van der Waals surface area contributed by atoms with Crippen molar-refractivity contribution in [2.24, 2.45) is 0 Å². The van der Waals surface area contributed by atoms with Crippen molar-refractivity contribution in [3.8, 4) is 5.75 Å². The standard InChI is InChI=1S/C21H23N3O5/c1-3-28-18(25)16(11-13-7-5-4-6-8-13)24-20(27)21(2)19(26)23-15-10-9-14(22)12-17(15)29-21/h4-10,12,16H,3,11,22H2,1-2H3,(H,23,26)(H,24,27). The first-order chi connectivity index (χ1) is 13.8. The van der Waals surface area contributed by atoms with Crippen molar-refractivity contribution in [1.82, 2.24) is 5.32 Å². The predicted molar refractivity (Wildman–Crippen MR) is 107 cm³/mol. The van der Waals surface area contributed by atoms with Gasteiger partial charge < -0.3 is 25.8 Å². The van der Waals surface area contributed by atoms with E-state index in [9.17, 15) is 14.4 Å². The molecule has 0 spiro atoms. The Morgan fingerprint density at radius 3 is 2.66 bits per heavy atom. The topological polar surface area (TPSA) is 120 Å². The van der Waals surface area contributed by atoms with Crippen LogP contribution in [0.15, 0.2) is 48.5 Å². The lowest BCUT2D eigenvalue weighted by Gasteiger charge is -2.34. The first-order valence-corrected chi connectivity index (χ1v) is 9.25. The van der Waals surface area contributed by atoms with E-state index in [0.29, 0.717) is 11.4 Å². The van der Waals surface area contributed by atoms with E-state index in [1.807, 2.05) is 30.3 Å². The number of esters is 1. The van der Waals surface area contributed by atoms with Crippen molar-refractivity contribution >= 4 is 29.2 Å². The Morgan fingerprint density at radius 1 is 1.24 bits per heavy atom. The van der Waals surface area contributed by atoms with Gasteiger partial charge in [-0.2, -0.15) is 0 Å². The fourth-order valence-corrected chi connectivity index (χ4v) is 2.97. The first kappa shape index (κ1) is 20.2. The zero-order chi connectivity index (χ0) is 21.0. The van der Waals surface area contributed by atoms with E-state index in [0.717, 1.165) is 5.56 Å². The van der Waals surface area contributed by atoms with Crippen molar-refractivity contribution in [3.05, 3.63) is 54.1 Å². The van der Waals surface area contributed by atoms with Gasteiger partial charge in [0.2, 0.25) is 0 Å². The molecule has 0 fully saturated rings. The second kappa shape index (κ2) is 8.22. The molecule has 152 valence electrons. The zero-order valence-electron chi connectivity index (χ0n) is 16.2. The molecule has 0 aliphatic carbocycles. The van der Waals surface area contributed by atoms with Gasteiger partial charge in [0.1, 0.15) is 11.8 Å². The third kappa shape index (κ3) is 4.31. The minimum atomic E-state index is -1.87. The number of hydrogen-bond donors (Lipinski definition) is 3. The number of hydrogen-bond acceptors (Lipinski definition) is 6. The Bertz CT molecular complexity index is 931. The Morgan fingerprint density at radius 2 is 1.97 bits per heavy atom. The van der Waals surface area contributed by atoms with Crippen LogP contribution in [0, 0.1) is 0 Å². The quantitative estimate of drug-likeness (QED) is 0.387. The van der Waals surface area contributed by atoms with E-state index in [1.165, 1.54) is 13.0 Å². The number of carbonyl (C=O) groups is 3. The molecule has 0 bridgehead atoms. The highest BCUT2D eigenvalue weighted by molar-refractivity contribution is 6.16. The monoisotopic (exact) mass is 397 g/mol. The molecule has 0 saturated heterocycles. The van der Waals surface area contributed by atoms with E-state index < -0.39 is 29.4 Å². The molecular weight excluding hydrogens is 374 g/mol. The molecule has 0 aromatic heterocycles. The van der Waals surface area contributed by atoms with Crippen molar-refractivity contribution in [2.75, 3.05) is 17.7 Å². The summed E-state index contributed by atoms with van der Waals surface area (Å²) < 4.78 is 10.8. The van der Waals surface area contributed by atoms with Gasteiger partial charge in [0.25, 0.3) is 17.4 Å². The predicted octanol–water partition coefficient (Wildman–Crippen LogP) is 1.65. The van der Waals surface area contributed by atoms with Crippen LogP contribution in [0.3, 0.4) is 0 Å². The van der Waals surface area contributed by atoms with Gasteiger partial charge in [0.05, 0.1) is 12.3 Å². The third-order valence-electron chi connectivity index (χ3n) is 4.59. The largest absolute Gasteiger partial charge is 0.465 e. The fraction of sp³-hybridized carbons (Fsp3) is 0.286. The van der Waals surface area contributed by atoms with Gasteiger partial charge in [-0.3, -0.25) is 9.59 Å². The van der Waals surface area contributed by atoms with Gasteiger partial charge in [-0.15, -0.1) is 0 Å². The van der Waals surface area contributed by atoms with Crippen molar-refractivity contribution in [3.63, 3.8) is 0 Å². The van der Waals surface area contributed by atoms with Crippen molar-refractivity contribution < 1.29 is 23.9 Å². The van der Waals surface area contributed by atoms with E-state index in [2.05, 4.69) is 10.6 Å². The number of amides is 2. The van der Waals surface area contributed by atoms with Crippen LogP contribution in [-0.4, -0.2) is 36.0 Å². The van der Waals surface area contributed by atoms with E-state index in [1.54, 1.807) is 19.1 Å². The third-order valence-corrected chi connectivity index (χ3v) is 4.59. The molecule has 1 aliphatic heterocycles. The second-order valence-electron chi connectivity index (χ2n) is 6.81. The molecular formula is C21H23N3O5. The maximum absolute atomic E-state index is 13.0. The average molecular weight is 397 g/mol. The van der Waals surface area contributed by atoms with Crippen LogP contribution in [0.1, 0.15) is 19.4 Å². The maximum Gasteiger partial charge on any atom is 0.328 e. The number of nitrogens with two attached hydrogens (primary N) is 1. The van der Waals surface area contributed by atoms with Crippen LogP contribution in [0.4, 0.5) is 11.4 Å². The number of nitrogens with one attached hydrogen (secondary N) is 2. The summed E-state index contributed by atoms with van der Waals surface area (Å²) in [6.07, 6.45) is 0.215. The highest BCUT2D eigenvalue weighted by Crippen LogP contribution is 2.35. The molecule has 2 aromatic rings. The molecule has 2 atom stereocenters. The summed E-state index contributed by atoms with van der Waals surface area (Å²) in [5.41, 5.74) is 5.57. The van der Waals surface area contributed by atoms with Gasteiger partial charge in [-0.25, -0.2) is 4.79 Å². The molecule has 8 heteroatoms. The van der Waals surface area contributed by atoms with Crippen molar-refractivity contribution in [2.45, 2.75) is 31.9 Å². The van der Waals surface area contributed by atoms with E-state index in [-0.39, 0.29) is 18.8 Å². The van der Waals surface area contributed by atoms with E-state index in [4.69, 9.17) is 15.2 Å². The van der Waals surface area contributed by atoms with Gasteiger partial charge in [0, 0.05) is 18.2 Å². The molecule has 0 radical (unpaired) electrons. The lowest BCUT2D eigenvalue weighted by molar-refractivity contribution is -0.153. The van der Waals surface area contributed by atoms with Gasteiger partial charge >= 0.3 is 5.97 Å². The van der Waals surface area contributed by atoms with Gasteiger partial charge in [0.15, 0.2) is 0 Å². The molecule has 0 saturated carbocycles. The summed E-state index contributed by atoms with van der Waals surface area (Å²) in [5.74, 6) is -1.71. The summed E-state index contributed by atoms with van der Waals surface area (Å²) >= 11 is 0. The van der Waals surface area contributed by atoms with Crippen LogP contribution in [0.5, 0.6) is 5.75 Å². The molecule has 3 rings (SSSR count). The Kier molecular flexibility index (Phi) is 5.72. The number of ether oxygens (including phenoxy) is 2. The smallest absolute Gasteiger partial charge is 0.328 e. The van der Waals surface area contributed by atoms with Crippen molar-refractivity contribution in [1.29, 1.82) is 0 Å². The number of anilines is 2. The molecule has 4 N–H and O–H groups in total. The normalized spacial score (nSPS) is 18.6. The van der Waals surface area contributed by atoms with E-state index >= 15 is 0 Å². The number of rotatable bonds is 6. The second-order valence-corrected chi connectivity index (χ2v) is 6.81. The minimum Gasteiger partial charge on any atom is -0.465 e. The summed E-state index contributed by atoms with van der Waals surface area (Å²) in [7, 11) is 0. The lowest BCUT2D eigenvalue weighted by atomic mass is 9.99. The van der Waals surface area contributed by atoms with Crippen LogP contribution in [0.2, 0.25) is 0 Å². The summed E-state index contributed by atoms with van der Waals surface area (Å²) in [6.45, 7) is 3.19. The Balaban J connectivity index is 1.82. The van der Waals surface area contributed by atoms with Crippen LogP contribution in [0.25, 0.3) is 0 Å². The molecule has 2 unspecified atom stereocenters. The minimum absolute atomic E-state index is 0.168. The number of carbonyl (C=O) groups excluding carboxylic acids is 3. The van der Waals surface area contributed by atoms with Gasteiger partial charge in [-0.05, 0) is 31.5 Å². The SMILES string of the molecule is CCOC(=O)C(Cc1ccccc1)NC(=O)C1(C)Oc2cc(N)ccc2NC1=O. The maximum atomic E-state index is 13.0. The number of benzene rings is 2. The first-order valence-electron chi connectivity index (χ1n) is 9.25. The summed E-state index contributed by atoms with van der Waals surface area (Å²) in [4.78, 5) is 38.0. The van der Waals surface area contributed by atoms with Crippen LogP contribution >= 0.6 is 0 Å². The molecule has 2 amide bonds. The average Bonchev–Trinajstić information content (AvgIpc) is 2.69. The fourth-order valence-electron chi connectivity index (χ4n) is 2.97. The van der Waals surface area contributed by atoms with Crippen LogP contribution < -0.4 is 21.1 Å². The van der Waals surface area contributed by atoms with Gasteiger partial charge in [-0.1, -0.05) is 30.3 Å². The zero-order valence-corrected chi connectivity index (χ0v) is 16.2. The lowest BCUT2D eigenvalue weighted by Crippen LogP contribution is -2.61. The highest BCUT2D eigenvalue weighted by Gasteiger charge is 2.48.